The Kier molecular flexibility index (Phi) is 5.51. The molecular weight excluding hydrogens is 400 g/mol. The van der Waals surface area contributed by atoms with Crippen LogP contribution >= 0.6 is 0 Å². The summed E-state index contributed by atoms with van der Waals surface area (Å²) < 4.78 is 0. The van der Waals surface area contributed by atoms with Crippen LogP contribution in [-0.4, -0.2) is 27.4 Å². The molecular formula is C27H28N2O3. The summed E-state index contributed by atoms with van der Waals surface area (Å²) in [6.45, 7) is 7.47. The number of phenolic OH excluding ortho intramolecular Hbond substituents is 1. The average molecular weight is 429 g/mol. The van der Waals surface area contributed by atoms with Crippen LogP contribution in [0, 0.1) is 6.92 Å². The molecule has 3 aromatic rings. The van der Waals surface area contributed by atoms with Crippen molar-refractivity contribution in [1.82, 2.24) is 10.2 Å². The van der Waals surface area contributed by atoms with Crippen LogP contribution < -0.4 is 5.32 Å². The summed E-state index contributed by atoms with van der Waals surface area (Å²) in [5, 5.41) is 13.3. The van der Waals surface area contributed by atoms with Crippen LogP contribution in [-0.2, 0) is 4.79 Å². The summed E-state index contributed by atoms with van der Waals surface area (Å²) in [5.74, 6) is -0.461. The summed E-state index contributed by atoms with van der Waals surface area (Å²) in [6.07, 6.45) is 0. The van der Waals surface area contributed by atoms with Gasteiger partial charge in [0, 0.05) is 11.1 Å². The van der Waals surface area contributed by atoms with E-state index < -0.39 is 17.6 Å². The van der Waals surface area contributed by atoms with Gasteiger partial charge in [0.1, 0.15) is 11.8 Å². The number of benzene rings is 3. The number of fused-ring (bicyclic) bond motifs is 1. The zero-order valence-corrected chi connectivity index (χ0v) is 18.8. The lowest BCUT2D eigenvalue weighted by molar-refractivity contribution is -0.127. The molecule has 5 nitrogen and oxygen atoms in total. The number of carbonyl (C=O) groups excluding carboxylic acids is 2. The predicted molar refractivity (Wildman–Crippen MR) is 124 cm³/mol. The standard InChI is InChI=1S/C27H28N2O3/c1-17-21(30)16-15-20-22(17)26(32)29(24(20)25(31)28-27(2,3)4)23(18-11-7-5-8-12-18)19-13-9-6-10-14-19/h5-16,23-24,30H,1-4H3,(H,28,31). The van der Waals surface area contributed by atoms with Gasteiger partial charge in [-0.3, -0.25) is 9.59 Å². The first-order valence-electron chi connectivity index (χ1n) is 10.8. The van der Waals surface area contributed by atoms with Crippen molar-refractivity contribution in [2.45, 2.75) is 45.3 Å². The molecule has 0 aliphatic carbocycles. The van der Waals surface area contributed by atoms with Gasteiger partial charge in [-0.05, 0) is 50.5 Å². The minimum absolute atomic E-state index is 0.0462. The smallest absolute Gasteiger partial charge is 0.256 e. The minimum Gasteiger partial charge on any atom is -0.508 e. The second-order valence-electron chi connectivity index (χ2n) is 9.25. The number of aromatic hydroxyl groups is 1. The van der Waals surface area contributed by atoms with Gasteiger partial charge in [0.15, 0.2) is 0 Å². The Labute approximate surface area is 188 Å². The van der Waals surface area contributed by atoms with Crippen molar-refractivity contribution < 1.29 is 14.7 Å². The Balaban J connectivity index is 1.93. The Morgan fingerprint density at radius 1 is 0.938 bits per heavy atom. The second kappa shape index (κ2) is 8.15. The molecule has 32 heavy (non-hydrogen) atoms. The zero-order chi connectivity index (χ0) is 23.0. The van der Waals surface area contributed by atoms with Gasteiger partial charge >= 0.3 is 0 Å². The number of phenols is 1. The maximum absolute atomic E-state index is 13.9. The van der Waals surface area contributed by atoms with Gasteiger partial charge in [-0.25, -0.2) is 0 Å². The highest BCUT2D eigenvalue weighted by atomic mass is 16.3. The molecule has 1 unspecified atom stereocenters. The number of nitrogens with one attached hydrogen (secondary N) is 1. The van der Waals surface area contributed by atoms with Crippen molar-refractivity contribution in [3.05, 3.63) is 101 Å². The fourth-order valence-corrected chi connectivity index (χ4v) is 4.39. The summed E-state index contributed by atoms with van der Waals surface area (Å²) in [4.78, 5) is 29.1. The molecule has 0 saturated carbocycles. The van der Waals surface area contributed by atoms with E-state index in [1.165, 1.54) is 0 Å². The third-order valence-electron chi connectivity index (χ3n) is 5.75. The molecule has 5 heteroatoms. The van der Waals surface area contributed by atoms with E-state index in [0.29, 0.717) is 16.7 Å². The summed E-state index contributed by atoms with van der Waals surface area (Å²) in [7, 11) is 0. The highest BCUT2D eigenvalue weighted by molar-refractivity contribution is 6.06. The molecule has 164 valence electrons. The van der Waals surface area contributed by atoms with Crippen LogP contribution in [0.1, 0.15) is 65.5 Å². The van der Waals surface area contributed by atoms with E-state index in [9.17, 15) is 14.7 Å². The maximum Gasteiger partial charge on any atom is 0.256 e. The third-order valence-corrected chi connectivity index (χ3v) is 5.75. The first kappa shape index (κ1) is 21.6. The Bertz CT molecular complexity index is 1110. The first-order valence-corrected chi connectivity index (χ1v) is 10.8. The lowest BCUT2D eigenvalue weighted by atomic mass is 9.95. The minimum atomic E-state index is -0.818. The molecule has 0 saturated heterocycles. The molecule has 4 rings (SSSR count). The van der Waals surface area contributed by atoms with Crippen LogP contribution in [0.15, 0.2) is 72.8 Å². The quantitative estimate of drug-likeness (QED) is 0.621. The van der Waals surface area contributed by atoms with Gasteiger partial charge in [0.05, 0.1) is 11.6 Å². The summed E-state index contributed by atoms with van der Waals surface area (Å²) >= 11 is 0. The lowest BCUT2D eigenvalue weighted by Crippen LogP contribution is -2.47. The zero-order valence-electron chi connectivity index (χ0n) is 18.8. The average Bonchev–Trinajstić information content (AvgIpc) is 3.04. The van der Waals surface area contributed by atoms with Crippen LogP contribution in [0.25, 0.3) is 0 Å². The van der Waals surface area contributed by atoms with Crippen molar-refractivity contribution in [3.8, 4) is 5.75 Å². The predicted octanol–water partition coefficient (Wildman–Crippen LogP) is 4.90. The number of nitrogens with zero attached hydrogens (tertiary/aromatic N) is 1. The fraction of sp³-hybridized carbons (Fsp3) is 0.259. The van der Waals surface area contributed by atoms with E-state index in [2.05, 4.69) is 5.32 Å². The van der Waals surface area contributed by atoms with Crippen LogP contribution in [0.5, 0.6) is 5.75 Å². The molecule has 0 spiro atoms. The van der Waals surface area contributed by atoms with Crippen molar-refractivity contribution >= 4 is 11.8 Å². The number of hydrogen-bond donors (Lipinski definition) is 2. The Hall–Kier alpha value is -3.60. The van der Waals surface area contributed by atoms with Crippen LogP contribution in [0.3, 0.4) is 0 Å². The van der Waals surface area contributed by atoms with Crippen molar-refractivity contribution in [2.24, 2.45) is 0 Å². The monoisotopic (exact) mass is 428 g/mol. The molecule has 3 aromatic carbocycles. The number of amides is 2. The second-order valence-corrected chi connectivity index (χ2v) is 9.25. The number of rotatable bonds is 4. The summed E-state index contributed by atoms with van der Waals surface area (Å²) in [6, 6.07) is 21.4. The van der Waals surface area contributed by atoms with E-state index in [-0.39, 0.29) is 17.6 Å². The van der Waals surface area contributed by atoms with Crippen LogP contribution in [0.4, 0.5) is 0 Å². The highest BCUT2D eigenvalue weighted by Crippen LogP contribution is 2.45. The van der Waals surface area contributed by atoms with E-state index in [1.807, 2.05) is 81.4 Å². The van der Waals surface area contributed by atoms with Gasteiger partial charge in [-0.15, -0.1) is 0 Å². The molecule has 1 heterocycles. The van der Waals surface area contributed by atoms with Crippen LogP contribution in [0.2, 0.25) is 0 Å². The van der Waals surface area contributed by atoms with Crippen molar-refractivity contribution in [1.29, 1.82) is 0 Å². The molecule has 0 fully saturated rings. The van der Waals surface area contributed by atoms with Gasteiger partial charge < -0.3 is 15.3 Å². The number of hydrogen-bond acceptors (Lipinski definition) is 3. The lowest BCUT2D eigenvalue weighted by Gasteiger charge is -2.35. The van der Waals surface area contributed by atoms with E-state index in [4.69, 9.17) is 0 Å². The molecule has 0 bridgehead atoms. The molecule has 2 amide bonds. The Morgan fingerprint density at radius 2 is 1.47 bits per heavy atom. The van der Waals surface area contributed by atoms with Gasteiger partial charge in [-0.1, -0.05) is 66.7 Å². The van der Waals surface area contributed by atoms with Crippen molar-refractivity contribution in [2.75, 3.05) is 0 Å². The fourth-order valence-electron chi connectivity index (χ4n) is 4.39. The van der Waals surface area contributed by atoms with E-state index in [0.717, 1.165) is 11.1 Å². The molecule has 1 aliphatic rings. The normalized spacial score (nSPS) is 15.7. The number of carbonyl (C=O) groups is 2. The molecule has 1 aliphatic heterocycles. The van der Waals surface area contributed by atoms with Gasteiger partial charge in [0.2, 0.25) is 5.91 Å². The molecule has 0 radical (unpaired) electrons. The van der Waals surface area contributed by atoms with E-state index in [1.54, 1.807) is 24.0 Å². The third kappa shape index (κ3) is 3.86. The SMILES string of the molecule is Cc1c(O)ccc2c1C(=O)N(C(c1ccccc1)c1ccccc1)C2C(=O)NC(C)(C)C. The van der Waals surface area contributed by atoms with Crippen molar-refractivity contribution in [3.63, 3.8) is 0 Å². The van der Waals surface area contributed by atoms with Gasteiger partial charge in [-0.2, -0.15) is 0 Å². The first-order chi connectivity index (χ1) is 15.2. The molecule has 2 N–H and O–H groups in total. The van der Waals surface area contributed by atoms with Gasteiger partial charge in [0.25, 0.3) is 5.91 Å². The largest absolute Gasteiger partial charge is 0.508 e. The topological polar surface area (TPSA) is 69.6 Å². The Morgan fingerprint density at radius 3 is 1.97 bits per heavy atom. The van der Waals surface area contributed by atoms with E-state index >= 15 is 0 Å². The summed E-state index contributed by atoms with van der Waals surface area (Å²) in [5.41, 5.74) is 2.86. The molecule has 0 aromatic heterocycles. The molecule has 1 atom stereocenters. The highest BCUT2D eigenvalue weighted by Gasteiger charge is 2.47. The maximum atomic E-state index is 13.9.